The average molecular weight is 297 g/mol. The topological polar surface area (TPSA) is 68.0 Å². The van der Waals surface area contributed by atoms with Crippen LogP contribution in [0.25, 0.3) is 10.8 Å². The van der Waals surface area contributed by atoms with Crippen molar-refractivity contribution in [3.05, 3.63) is 58.0 Å². The van der Waals surface area contributed by atoms with Gasteiger partial charge in [0.2, 0.25) is 0 Å². The molecule has 21 heavy (non-hydrogen) atoms. The van der Waals surface area contributed by atoms with Gasteiger partial charge in [-0.25, -0.2) is 4.98 Å². The van der Waals surface area contributed by atoms with Crippen molar-refractivity contribution in [2.45, 2.75) is 13.5 Å². The molecular weight excluding hydrogens is 282 g/mol. The van der Waals surface area contributed by atoms with Crippen molar-refractivity contribution in [2.75, 3.05) is 5.73 Å². The molecule has 0 radical (unpaired) electrons. The lowest BCUT2D eigenvalue weighted by atomic mass is 10.0. The van der Waals surface area contributed by atoms with Crippen LogP contribution in [-0.2, 0) is 6.54 Å². The molecular formula is C16H15N3OS. The minimum absolute atomic E-state index is 0.161. The van der Waals surface area contributed by atoms with E-state index in [1.165, 1.54) is 11.3 Å². The van der Waals surface area contributed by atoms with Crippen molar-refractivity contribution in [2.24, 2.45) is 0 Å². The van der Waals surface area contributed by atoms with Gasteiger partial charge >= 0.3 is 0 Å². The van der Waals surface area contributed by atoms with Crippen molar-refractivity contribution >= 4 is 33.7 Å². The zero-order valence-corrected chi connectivity index (χ0v) is 12.4. The monoisotopic (exact) mass is 297 g/mol. The first kappa shape index (κ1) is 13.6. The number of hydrogen-bond donors (Lipinski definition) is 2. The van der Waals surface area contributed by atoms with Gasteiger partial charge in [0.1, 0.15) is 0 Å². The average Bonchev–Trinajstić information content (AvgIpc) is 2.89. The Labute approximate surface area is 126 Å². The Morgan fingerprint density at radius 2 is 2.00 bits per heavy atom. The number of benzene rings is 2. The fourth-order valence-electron chi connectivity index (χ4n) is 2.21. The van der Waals surface area contributed by atoms with Gasteiger partial charge in [0.05, 0.1) is 23.3 Å². The number of amides is 1. The van der Waals surface area contributed by atoms with Gasteiger partial charge in [0.15, 0.2) is 0 Å². The SMILES string of the molecule is Cc1ncsc1CNC(=O)c1cc2ccccc2cc1N. The summed E-state index contributed by atoms with van der Waals surface area (Å²) < 4.78 is 0. The number of thiazole rings is 1. The summed E-state index contributed by atoms with van der Waals surface area (Å²) >= 11 is 1.54. The van der Waals surface area contributed by atoms with Gasteiger partial charge in [0.25, 0.3) is 5.91 Å². The van der Waals surface area contributed by atoms with E-state index in [0.29, 0.717) is 17.8 Å². The third kappa shape index (κ3) is 2.73. The van der Waals surface area contributed by atoms with Crippen molar-refractivity contribution in [1.29, 1.82) is 0 Å². The van der Waals surface area contributed by atoms with E-state index in [0.717, 1.165) is 21.3 Å². The van der Waals surface area contributed by atoms with Crippen molar-refractivity contribution in [3.8, 4) is 0 Å². The molecule has 0 fully saturated rings. The Morgan fingerprint density at radius 1 is 1.29 bits per heavy atom. The predicted molar refractivity (Wildman–Crippen MR) is 86.4 cm³/mol. The van der Waals surface area contributed by atoms with Crippen LogP contribution in [0.5, 0.6) is 0 Å². The fraction of sp³-hybridized carbons (Fsp3) is 0.125. The number of aromatic nitrogens is 1. The molecule has 3 aromatic rings. The number of aryl methyl sites for hydroxylation is 1. The van der Waals surface area contributed by atoms with Gasteiger partial charge in [-0.1, -0.05) is 24.3 Å². The molecule has 2 aromatic carbocycles. The Bertz CT molecular complexity index is 810. The van der Waals surface area contributed by atoms with E-state index in [1.54, 1.807) is 5.51 Å². The molecule has 0 aliphatic carbocycles. The van der Waals surface area contributed by atoms with Crippen LogP contribution in [0.1, 0.15) is 20.9 Å². The molecule has 0 aliphatic heterocycles. The maximum Gasteiger partial charge on any atom is 0.253 e. The molecule has 106 valence electrons. The molecule has 3 rings (SSSR count). The lowest BCUT2D eigenvalue weighted by Crippen LogP contribution is -2.23. The summed E-state index contributed by atoms with van der Waals surface area (Å²) in [5.74, 6) is -0.161. The van der Waals surface area contributed by atoms with Crippen LogP contribution in [0.2, 0.25) is 0 Å². The summed E-state index contributed by atoms with van der Waals surface area (Å²) in [4.78, 5) is 17.5. The summed E-state index contributed by atoms with van der Waals surface area (Å²) in [6.07, 6.45) is 0. The molecule has 1 amide bonds. The van der Waals surface area contributed by atoms with E-state index in [9.17, 15) is 4.79 Å². The molecule has 0 spiro atoms. The van der Waals surface area contributed by atoms with Crippen molar-refractivity contribution in [3.63, 3.8) is 0 Å². The zero-order chi connectivity index (χ0) is 14.8. The third-order valence-electron chi connectivity index (χ3n) is 3.42. The second-order valence-corrected chi connectivity index (χ2v) is 5.77. The molecule has 1 aromatic heterocycles. The minimum atomic E-state index is -0.161. The molecule has 3 N–H and O–H groups in total. The number of hydrogen-bond acceptors (Lipinski definition) is 4. The number of anilines is 1. The Kier molecular flexibility index (Phi) is 3.58. The lowest BCUT2D eigenvalue weighted by Gasteiger charge is -2.09. The molecule has 0 unspecified atom stereocenters. The van der Waals surface area contributed by atoms with E-state index in [-0.39, 0.29) is 5.91 Å². The fourth-order valence-corrected chi connectivity index (χ4v) is 2.92. The molecule has 0 aliphatic rings. The Hall–Kier alpha value is -2.40. The Balaban J connectivity index is 1.84. The number of nitrogens with one attached hydrogen (secondary N) is 1. The summed E-state index contributed by atoms with van der Waals surface area (Å²) in [5.41, 5.74) is 9.73. The molecule has 0 atom stereocenters. The van der Waals surface area contributed by atoms with E-state index < -0.39 is 0 Å². The minimum Gasteiger partial charge on any atom is -0.398 e. The number of nitrogen functional groups attached to an aromatic ring is 1. The van der Waals surface area contributed by atoms with Gasteiger partial charge in [-0.15, -0.1) is 11.3 Å². The molecule has 1 heterocycles. The first-order chi connectivity index (χ1) is 10.1. The van der Waals surface area contributed by atoms with Crippen molar-refractivity contribution < 1.29 is 4.79 Å². The number of fused-ring (bicyclic) bond motifs is 1. The maximum atomic E-state index is 12.3. The van der Waals surface area contributed by atoms with Gasteiger partial charge in [0, 0.05) is 10.6 Å². The van der Waals surface area contributed by atoms with Crippen LogP contribution in [0.15, 0.2) is 41.9 Å². The van der Waals surface area contributed by atoms with E-state index in [1.807, 2.05) is 43.3 Å². The van der Waals surface area contributed by atoms with Gasteiger partial charge < -0.3 is 11.1 Å². The second-order valence-electron chi connectivity index (χ2n) is 4.83. The van der Waals surface area contributed by atoms with E-state index in [4.69, 9.17) is 5.73 Å². The van der Waals surface area contributed by atoms with Gasteiger partial charge in [-0.2, -0.15) is 0 Å². The Morgan fingerprint density at radius 3 is 2.67 bits per heavy atom. The van der Waals surface area contributed by atoms with Gasteiger partial charge in [-0.3, -0.25) is 4.79 Å². The lowest BCUT2D eigenvalue weighted by molar-refractivity contribution is 0.0952. The highest BCUT2D eigenvalue weighted by Gasteiger charge is 2.11. The molecule has 0 bridgehead atoms. The quantitative estimate of drug-likeness (QED) is 0.730. The first-order valence-electron chi connectivity index (χ1n) is 6.60. The summed E-state index contributed by atoms with van der Waals surface area (Å²) in [6.45, 7) is 2.41. The van der Waals surface area contributed by atoms with Crippen LogP contribution in [0, 0.1) is 6.92 Å². The third-order valence-corrected chi connectivity index (χ3v) is 4.35. The normalized spacial score (nSPS) is 10.7. The molecule has 0 saturated heterocycles. The van der Waals surface area contributed by atoms with Crippen LogP contribution in [0.3, 0.4) is 0 Å². The number of nitrogens with zero attached hydrogens (tertiary/aromatic N) is 1. The number of carbonyl (C=O) groups is 1. The second kappa shape index (κ2) is 5.54. The highest BCUT2D eigenvalue weighted by atomic mass is 32.1. The summed E-state index contributed by atoms with van der Waals surface area (Å²) in [6, 6.07) is 11.5. The first-order valence-corrected chi connectivity index (χ1v) is 7.48. The van der Waals surface area contributed by atoms with E-state index >= 15 is 0 Å². The maximum absolute atomic E-state index is 12.3. The van der Waals surface area contributed by atoms with Crippen LogP contribution >= 0.6 is 11.3 Å². The molecule has 4 nitrogen and oxygen atoms in total. The highest BCUT2D eigenvalue weighted by Crippen LogP contribution is 2.22. The summed E-state index contributed by atoms with van der Waals surface area (Å²) in [5, 5.41) is 4.94. The number of carbonyl (C=O) groups excluding carboxylic acids is 1. The largest absolute Gasteiger partial charge is 0.398 e. The molecule has 0 saturated carbocycles. The van der Waals surface area contributed by atoms with Crippen molar-refractivity contribution in [1.82, 2.24) is 10.3 Å². The van der Waals surface area contributed by atoms with Crippen LogP contribution < -0.4 is 11.1 Å². The van der Waals surface area contributed by atoms with Gasteiger partial charge in [-0.05, 0) is 29.8 Å². The highest BCUT2D eigenvalue weighted by molar-refractivity contribution is 7.09. The van der Waals surface area contributed by atoms with Crippen LogP contribution in [-0.4, -0.2) is 10.9 Å². The number of nitrogens with two attached hydrogens (primary N) is 1. The van der Waals surface area contributed by atoms with E-state index in [2.05, 4.69) is 10.3 Å². The zero-order valence-electron chi connectivity index (χ0n) is 11.6. The predicted octanol–water partition coefficient (Wildman–Crippen LogP) is 3.12. The smallest absolute Gasteiger partial charge is 0.253 e. The summed E-state index contributed by atoms with van der Waals surface area (Å²) in [7, 11) is 0. The number of rotatable bonds is 3. The molecule has 5 heteroatoms. The van der Waals surface area contributed by atoms with Crippen LogP contribution in [0.4, 0.5) is 5.69 Å². The standard InChI is InChI=1S/C16H15N3OS/c1-10-15(21-9-19-10)8-18-16(20)13-6-11-4-2-3-5-12(11)7-14(13)17/h2-7,9H,8,17H2,1H3,(H,18,20).